The first kappa shape index (κ1) is 12.2. The van der Waals surface area contributed by atoms with Crippen molar-refractivity contribution < 1.29 is 14.3 Å². The molecule has 1 aromatic rings. The largest absolute Gasteiger partial charge is 0.462 e. The fourth-order valence-corrected chi connectivity index (χ4v) is 1.46. The van der Waals surface area contributed by atoms with E-state index in [9.17, 15) is 9.59 Å². The van der Waals surface area contributed by atoms with Crippen LogP contribution in [0.4, 0.5) is 5.69 Å². The number of nitrogens with one attached hydrogen (secondary N) is 1. The Morgan fingerprint density at radius 2 is 2.06 bits per heavy atom. The third-order valence-corrected chi connectivity index (χ3v) is 2.35. The number of carbonyl (C=O) groups excluding carboxylic acids is 2. The van der Waals surface area contributed by atoms with Crippen molar-refractivity contribution in [3.05, 3.63) is 29.3 Å². The number of para-hydroxylation sites is 1. The minimum absolute atomic E-state index is 0.695. The van der Waals surface area contributed by atoms with E-state index in [1.807, 2.05) is 32.0 Å². The average Bonchev–Trinajstić information content (AvgIpc) is 2.30. The van der Waals surface area contributed by atoms with Crippen molar-refractivity contribution in [3.63, 3.8) is 0 Å². The van der Waals surface area contributed by atoms with Crippen molar-refractivity contribution in [3.8, 4) is 0 Å². The van der Waals surface area contributed by atoms with E-state index in [2.05, 4.69) is 10.1 Å². The summed E-state index contributed by atoms with van der Waals surface area (Å²) in [6, 6.07) is 5.72. The van der Waals surface area contributed by atoms with E-state index in [0.29, 0.717) is 5.69 Å². The molecule has 16 heavy (non-hydrogen) atoms. The fraction of sp³-hybridized carbons (Fsp3) is 0.333. The molecule has 0 saturated carbocycles. The van der Waals surface area contributed by atoms with Crippen LogP contribution < -0.4 is 5.32 Å². The molecule has 86 valence electrons. The van der Waals surface area contributed by atoms with Crippen molar-refractivity contribution >= 4 is 17.6 Å². The number of hydrogen-bond donors (Lipinski definition) is 1. The first-order chi connectivity index (χ1) is 7.60. The van der Waals surface area contributed by atoms with Crippen molar-refractivity contribution in [1.29, 1.82) is 0 Å². The quantitative estimate of drug-likeness (QED) is 0.610. The van der Waals surface area contributed by atoms with E-state index in [4.69, 9.17) is 0 Å². The van der Waals surface area contributed by atoms with Gasteiger partial charge in [0.25, 0.3) is 0 Å². The molecule has 0 fully saturated rings. The lowest BCUT2D eigenvalue weighted by Crippen LogP contribution is -2.24. The van der Waals surface area contributed by atoms with Gasteiger partial charge < -0.3 is 10.1 Å². The van der Waals surface area contributed by atoms with Crippen LogP contribution >= 0.6 is 0 Å². The molecule has 0 aliphatic carbocycles. The molecule has 0 atom stereocenters. The summed E-state index contributed by atoms with van der Waals surface area (Å²) < 4.78 is 4.35. The summed E-state index contributed by atoms with van der Waals surface area (Å²) in [6.07, 6.45) is 0.790. The first-order valence-electron chi connectivity index (χ1n) is 5.08. The van der Waals surface area contributed by atoms with E-state index >= 15 is 0 Å². The Morgan fingerprint density at radius 3 is 2.62 bits per heavy atom. The number of anilines is 1. The summed E-state index contributed by atoms with van der Waals surface area (Å²) in [7, 11) is 1.18. The third-order valence-electron chi connectivity index (χ3n) is 2.35. The Labute approximate surface area is 94.6 Å². The second-order valence-electron chi connectivity index (χ2n) is 3.41. The zero-order valence-electron chi connectivity index (χ0n) is 9.66. The van der Waals surface area contributed by atoms with E-state index in [1.165, 1.54) is 7.11 Å². The molecule has 1 N–H and O–H groups in total. The molecule has 0 radical (unpaired) electrons. The van der Waals surface area contributed by atoms with Gasteiger partial charge in [-0.3, -0.25) is 4.79 Å². The normalized spacial score (nSPS) is 9.69. The topological polar surface area (TPSA) is 55.4 Å². The predicted molar refractivity (Wildman–Crippen MR) is 61.2 cm³/mol. The fourth-order valence-electron chi connectivity index (χ4n) is 1.46. The number of hydrogen-bond acceptors (Lipinski definition) is 3. The van der Waals surface area contributed by atoms with E-state index in [-0.39, 0.29) is 0 Å². The molecule has 1 aromatic carbocycles. The average molecular weight is 221 g/mol. The molecule has 0 aromatic heterocycles. The molecule has 4 nitrogen and oxygen atoms in total. The number of ether oxygens (including phenoxy) is 1. The second kappa shape index (κ2) is 5.30. The van der Waals surface area contributed by atoms with Gasteiger partial charge in [0, 0.05) is 5.69 Å². The van der Waals surface area contributed by atoms with Crippen LogP contribution in [0.3, 0.4) is 0 Å². The zero-order valence-corrected chi connectivity index (χ0v) is 9.66. The SMILES string of the molecule is CCc1cccc(C)c1NC(=O)C(=O)OC. The highest BCUT2D eigenvalue weighted by molar-refractivity contribution is 6.37. The summed E-state index contributed by atoms with van der Waals surface area (Å²) in [4.78, 5) is 22.4. The molecule has 0 bridgehead atoms. The van der Waals surface area contributed by atoms with Crippen LogP contribution in [-0.2, 0) is 20.7 Å². The molecule has 4 heteroatoms. The number of rotatable bonds is 2. The number of methoxy groups -OCH3 is 1. The van der Waals surface area contributed by atoms with Gasteiger partial charge in [-0.2, -0.15) is 0 Å². The summed E-state index contributed by atoms with van der Waals surface area (Å²) in [6.45, 7) is 3.87. The Balaban J connectivity index is 2.96. The molecule has 0 aliphatic rings. The van der Waals surface area contributed by atoms with E-state index in [0.717, 1.165) is 17.5 Å². The van der Waals surface area contributed by atoms with Gasteiger partial charge in [0.2, 0.25) is 0 Å². The van der Waals surface area contributed by atoms with Crippen LogP contribution in [0.15, 0.2) is 18.2 Å². The van der Waals surface area contributed by atoms with Crippen LogP contribution in [0.2, 0.25) is 0 Å². The maximum atomic E-state index is 11.4. The van der Waals surface area contributed by atoms with Crippen molar-refractivity contribution in [2.24, 2.45) is 0 Å². The number of amides is 1. The van der Waals surface area contributed by atoms with Gasteiger partial charge in [-0.05, 0) is 24.5 Å². The molecule has 0 unspecified atom stereocenters. The molecule has 0 saturated heterocycles. The predicted octanol–water partition coefficient (Wildman–Crippen LogP) is 1.67. The highest BCUT2D eigenvalue weighted by atomic mass is 16.5. The first-order valence-corrected chi connectivity index (χ1v) is 5.08. The number of esters is 1. The lowest BCUT2D eigenvalue weighted by Gasteiger charge is -2.11. The maximum absolute atomic E-state index is 11.4. The maximum Gasteiger partial charge on any atom is 0.396 e. The summed E-state index contributed by atoms with van der Waals surface area (Å²) >= 11 is 0. The van der Waals surface area contributed by atoms with Crippen molar-refractivity contribution in [2.45, 2.75) is 20.3 Å². The summed E-state index contributed by atoms with van der Waals surface area (Å²) in [5.74, 6) is -1.63. The minimum Gasteiger partial charge on any atom is -0.462 e. The Bertz CT molecular complexity index is 413. The van der Waals surface area contributed by atoms with Crippen LogP contribution in [0.1, 0.15) is 18.1 Å². The molecule has 1 amide bonds. The van der Waals surface area contributed by atoms with E-state index < -0.39 is 11.9 Å². The van der Waals surface area contributed by atoms with Crippen LogP contribution in [0.25, 0.3) is 0 Å². The van der Waals surface area contributed by atoms with Crippen LogP contribution in [0.5, 0.6) is 0 Å². The van der Waals surface area contributed by atoms with Gasteiger partial charge in [0.1, 0.15) is 0 Å². The number of carbonyl (C=O) groups is 2. The summed E-state index contributed by atoms with van der Waals surface area (Å²) in [5.41, 5.74) is 2.62. The molecule has 0 aliphatic heterocycles. The van der Waals surface area contributed by atoms with Crippen LogP contribution in [-0.4, -0.2) is 19.0 Å². The zero-order chi connectivity index (χ0) is 12.1. The molecule has 0 spiro atoms. The molecule has 0 heterocycles. The lowest BCUT2D eigenvalue weighted by molar-refractivity contribution is -0.150. The second-order valence-corrected chi connectivity index (χ2v) is 3.41. The molecular formula is C12H15NO3. The number of benzene rings is 1. The van der Waals surface area contributed by atoms with Gasteiger partial charge in [-0.15, -0.1) is 0 Å². The smallest absolute Gasteiger partial charge is 0.396 e. The molecule has 1 rings (SSSR count). The summed E-state index contributed by atoms with van der Waals surface area (Å²) in [5, 5.41) is 2.57. The Hall–Kier alpha value is -1.84. The Kier molecular flexibility index (Phi) is 4.05. The van der Waals surface area contributed by atoms with E-state index in [1.54, 1.807) is 0 Å². The van der Waals surface area contributed by atoms with Gasteiger partial charge in [-0.25, -0.2) is 4.79 Å². The van der Waals surface area contributed by atoms with Crippen LogP contribution in [0, 0.1) is 6.92 Å². The van der Waals surface area contributed by atoms with Gasteiger partial charge in [0.15, 0.2) is 0 Å². The van der Waals surface area contributed by atoms with Crippen molar-refractivity contribution in [1.82, 2.24) is 0 Å². The monoisotopic (exact) mass is 221 g/mol. The highest BCUT2D eigenvalue weighted by Gasteiger charge is 2.16. The lowest BCUT2D eigenvalue weighted by atomic mass is 10.1. The third kappa shape index (κ3) is 2.59. The molecular weight excluding hydrogens is 206 g/mol. The minimum atomic E-state index is -0.884. The van der Waals surface area contributed by atoms with Gasteiger partial charge in [0.05, 0.1) is 7.11 Å². The number of aryl methyl sites for hydroxylation is 2. The Morgan fingerprint density at radius 1 is 1.38 bits per heavy atom. The van der Waals surface area contributed by atoms with Gasteiger partial charge in [-0.1, -0.05) is 25.1 Å². The van der Waals surface area contributed by atoms with Gasteiger partial charge >= 0.3 is 11.9 Å². The standard InChI is InChI=1S/C12H15NO3/c1-4-9-7-5-6-8(2)10(9)13-11(14)12(15)16-3/h5-7H,4H2,1-3H3,(H,13,14). The highest BCUT2D eigenvalue weighted by Crippen LogP contribution is 2.20. The van der Waals surface area contributed by atoms with Crippen molar-refractivity contribution in [2.75, 3.05) is 12.4 Å².